The Morgan fingerprint density at radius 3 is 2.44 bits per heavy atom. The second-order valence-electron chi connectivity index (χ2n) is 3.11. The van der Waals surface area contributed by atoms with Gasteiger partial charge in [-0.2, -0.15) is 0 Å². The third-order valence-electron chi connectivity index (χ3n) is 1.88. The van der Waals surface area contributed by atoms with Crippen LogP contribution in [0.4, 0.5) is 0 Å². The fourth-order valence-electron chi connectivity index (χ4n) is 1.14. The van der Waals surface area contributed by atoms with Gasteiger partial charge in [0, 0.05) is 5.56 Å². The van der Waals surface area contributed by atoms with Crippen LogP contribution >= 0.6 is 23.2 Å². The number of hydrogen-bond acceptors (Lipinski definition) is 3. The second kappa shape index (κ2) is 5.87. The largest absolute Gasteiger partial charge is 0.493 e. The minimum absolute atomic E-state index is 0.233. The second-order valence-corrected chi connectivity index (χ2v) is 3.79. The molecule has 1 aromatic rings. The van der Waals surface area contributed by atoms with E-state index in [2.05, 4.69) is 0 Å². The average molecular weight is 261 g/mol. The minimum Gasteiger partial charge on any atom is -0.493 e. The Hall–Kier alpha value is -1.06. The Balaban J connectivity index is 3.10. The first-order chi connectivity index (χ1) is 7.56. The van der Waals surface area contributed by atoms with Crippen LogP contribution in [0.2, 0.25) is 0 Å². The fourth-order valence-corrected chi connectivity index (χ4v) is 1.41. The summed E-state index contributed by atoms with van der Waals surface area (Å²) in [5.74, 6) is 0.286. The molecule has 0 fully saturated rings. The predicted octanol–water partition coefficient (Wildman–Crippen LogP) is 3.23. The maximum Gasteiger partial charge on any atom is 0.256 e. The molecule has 0 heterocycles. The van der Waals surface area contributed by atoms with Crippen molar-refractivity contribution in [1.29, 1.82) is 0 Å². The zero-order valence-electron chi connectivity index (χ0n) is 8.63. The van der Waals surface area contributed by atoms with Gasteiger partial charge in [-0.05, 0) is 47.8 Å². The van der Waals surface area contributed by atoms with E-state index in [1.54, 1.807) is 0 Å². The summed E-state index contributed by atoms with van der Waals surface area (Å²) in [6, 6.07) is 4.28. The number of carbonyl (C=O) groups excluding carboxylic acids is 2. The lowest BCUT2D eigenvalue weighted by atomic mass is 10.1. The van der Waals surface area contributed by atoms with Gasteiger partial charge in [-0.3, -0.25) is 9.59 Å². The molecule has 0 N–H and O–H groups in total. The lowest BCUT2D eigenvalue weighted by molar-refractivity contribution is 0.106. The average Bonchev–Trinajstić information content (AvgIpc) is 2.25. The molecule has 16 heavy (non-hydrogen) atoms. The van der Waals surface area contributed by atoms with E-state index in [1.165, 1.54) is 18.2 Å². The van der Waals surface area contributed by atoms with Gasteiger partial charge in [-0.15, -0.1) is 0 Å². The maximum absolute atomic E-state index is 11.1. The zero-order valence-corrected chi connectivity index (χ0v) is 10.1. The SMILES string of the molecule is CCCOc1cc(C(=O)Cl)ccc1C(=O)Cl. The van der Waals surface area contributed by atoms with Crippen LogP contribution in [0, 0.1) is 0 Å². The van der Waals surface area contributed by atoms with Crippen molar-refractivity contribution in [2.75, 3.05) is 6.61 Å². The Kier molecular flexibility index (Phi) is 4.77. The van der Waals surface area contributed by atoms with Crippen LogP contribution < -0.4 is 4.74 Å². The summed E-state index contributed by atoms with van der Waals surface area (Å²) in [5, 5.41) is -1.23. The molecule has 3 nitrogen and oxygen atoms in total. The highest BCUT2D eigenvalue weighted by Gasteiger charge is 2.13. The number of carbonyl (C=O) groups is 2. The van der Waals surface area contributed by atoms with Crippen LogP contribution in [0.5, 0.6) is 5.75 Å². The molecule has 0 aliphatic rings. The Labute approximate surface area is 103 Å². The number of rotatable bonds is 5. The quantitative estimate of drug-likeness (QED) is 0.764. The predicted molar refractivity (Wildman–Crippen MR) is 62.6 cm³/mol. The van der Waals surface area contributed by atoms with Crippen LogP contribution in [-0.2, 0) is 0 Å². The van der Waals surface area contributed by atoms with Gasteiger partial charge in [0.25, 0.3) is 10.5 Å². The smallest absolute Gasteiger partial charge is 0.256 e. The minimum atomic E-state index is -0.625. The van der Waals surface area contributed by atoms with E-state index in [1.807, 2.05) is 6.92 Å². The van der Waals surface area contributed by atoms with E-state index < -0.39 is 10.5 Å². The van der Waals surface area contributed by atoms with Crippen molar-refractivity contribution in [3.05, 3.63) is 29.3 Å². The van der Waals surface area contributed by atoms with Gasteiger partial charge < -0.3 is 4.74 Å². The van der Waals surface area contributed by atoms with Crippen molar-refractivity contribution < 1.29 is 14.3 Å². The molecule has 0 aliphatic carbocycles. The lowest BCUT2D eigenvalue weighted by Gasteiger charge is -2.08. The van der Waals surface area contributed by atoms with Crippen LogP contribution in [-0.4, -0.2) is 17.1 Å². The van der Waals surface area contributed by atoms with E-state index in [-0.39, 0.29) is 16.9 Å². The summed E-state index contributed by atoms with van der Waals surface area (Å²) < 4.78 is 5.32. The fraction of sp³-hybridized carbons (Fsp3) is 0.273. The van der Waals surface area contributed by atoms with Gasteiger partial charge in [0.1, 0.15) is 5.75 Å². The van der Waals surface area contributed by atoms with Gasteiger partial charge >= 0.3 is 0 Å². The van der Waals surface area contributed by atoms with Crippen LogP contribution in [0.15, 0.2) is 18.2 Å². The molecule has 0 atom stereocenters. The van der Waals surface area contributed by atoms with Gasteiger partial charge in [0.15, 0.2) is 0 Å². The molecule has 0 saturated heterocycles. The van der Waals surface area contributed by atoms with E-state index in [9.17, 15) is 9.59 Å². The molecule has 0 saturated carbocycles. The van der Waals surface area contributed by atoms with E-state index >= 15 is 0 Å². The molecule has 1 rings (SSSR count). The highest BCUT2D eigenvalue weighted by Crippen LogP contribution is 2.23. The van der Waals surface area contributed by atoms with Crippen LogP contribution in [0.25, 0.3) is 0 Å². The van der Waals surface area contributed by atoms with Crippen molar-refractivity contribution in [3.63, 3.8) is 0 Å². The van der Waals surface area contributed by atoms with Crippen molar-refractivity contribution in [2.24, 2.45) is 0 Å². The molecule has 0 spiro atoms. The third kappa shape index (κ3) is 3.22. The summed E-state index contributed by atoms with van der Waals surface area (Å²) >= 11 is 10.7. The summed E-state index contributed by atoms with van der Waals surface area (Å²) in [5.41, 5.74) is 0.506. The first kappa shape index (κ1) is 13.0. The molecule has 86 valence electrons. The monoisotopic (exact) mass is 260 g/mol. The van der Waals surface area contributed by atoms with Crippen molar-refractivity contribution >= 4 is 33.7 Å². The Morgan fingerprint density at radius 1 is 1.25 bits per heavy atom. The highest BCUT2D eigenvalue weighted by atomic mass is 35.5. The van der Waals surface area contributed by atoms with Gasteiger partial charge in [0.05, 0.1) is 12.2 Å². The van der Waals surface area contributed by atoms with Gasteiger partial charge in [0.2, 0.25) is 0 Å². The molecule has 5 heteroatoms. The molecule has 0 bridgehead atoms. The van der Waals surface area contributed by atoms with Crippen molar-refractivity contribution in [3.8, 4) is 5.75 Å². The number of halogens is 2. The van der Waals surface area contributed by atoms with Crippen molar-refractivity contribution in [2.45, 2.75) is 13.3 Å². The normalized spacial score (nSPS) is 9.94. The standard InChI is InChI=1S/C11H10Cl2O3/c1-2-5-16-9-6-7(10(12)14)3-4-8(9)11(13)15/h3-4,6H,2,5H2,1H3. The van der Waals surface area contributed by atoms with Crippen LogP contribution in [0.3, 0.4) is 0 Å². The Bertz CT molecular complexity index is 416. The molecular weight excluding hydrogens is 251 g/mol. The first-order valence-corrected chi connectivity index (χ1v) is 5.48. The van der Waals surface area contributed by atoms with E-state index in [4.69, 9.17) is 27.9 Å². The molecule has 0 unspecified atom stereocenters. The maximum atomic E-state index is 11.1. The van der Waals surface area contributed by atoms with Crippen molar-refractivity contribution in [1.82, 2.24) is 0 Å². The zero-order chi connectivity index (χ0) is 12.1. The number of benzene rings is 1. The number of hydrogen-bond donors (Lipinski definition) is 0. The first-order valence-electron chi connectivity index (χ1n) is 4.72. The summed E-state index contributed by atoms with van der Waals surface area (Å²) in [4.78, 5) is 22.0. The third-order valence-corrected chi connectivity index (χ3v) is 2.30. The highest BCUT2D eigenvalue weighted by molar-refractivity contribution is 6.68. The van der Waals surface area contributed by atoms with E-state index in [0.717, 1.165) is 6.42 Å². The molecule has 0 amide bonds. The van der Waals surface area contributed by atoms with Gasteiger partial charge in [-0.25, -0.2) is 0 Å². The summed E-state index contributed by atoms with van der Waals surface area (Å²) in [6.07, 6.45) is 0.787. The Morgan fingerprint density at radius 2 is 1.94 bits per heavy atom. The lowest BCUT2D eigenvalue weighted by Crippen LogP contribution is -2.02. The topological polar surface area (TPSA) is 43.4 Å². The van der Waals surface area contributed by atoms with Gasteiger partial charge in [-0.1, -0.05) is 6.92 Å². The molecule has 0 radical (unpaired) electrons. The number of ether oxygens (including phenoxy) is 1. The summed E-state index contributed by atoms with van der Waals surface area (Å²) in [7, 11) is 0. The summed E-state index contributed by atoms with van der Waals surface area (Å²) in [6.45, 7) is 2.37. The molecule has 0 aliphatic heterocycles. The molecule has 1 aromatic carbocycles. The molecule has 0 aromatic heterocycles. The van der Waals surface area contributed by atoms with E-state index in [0.29, 0.717) is 6.61 Å². The molecular formula is C11H10Cl2O3. The van der Waals surface area contributed by atoms with Crippen LogP contribution in [0.1, 0.15) is 34.1 Å².